The smallest absolute Gasteiger partial charge is 0.282 e. The number of para-hydroxylation sites is 1. The molecule has 0 unspecified atom stereocenters. The minimum atomic E-state index is -0.494. The fourth-order valence-electron chi connectivity index (χ4n) is 2.10. The molecule has 0 saturated heterocycles. The second kappa shape index (κ2) is 5.93. The predicted molar refractivity (Wildman–Crippen MR) is 89.5 cm³/mol. The second-order valence-electron chi connectivity index (χ2n) is 4.69. The number of benzene rings is 2. The van der Waals surface area contributed by atoms with E-state index >= 15 is 0 Å². The van der Waals surface area contributed by atoms with E-state index in [0.29, 0.717) is 16.5 Å². The van der Waals surface area contributed by atoms with Crippen LogP contribution >= 0.6 is 12.2 Å². The summed E-state index contributed by atoms with van der Waals surface area (Å²) in [7, 11) is 0. The highest BCUT2D eigenvalue weighted by Gasteiger charge is 2.06. The van der Waals surface area contributed by atoms with Gasteiger partial charge in [0.25, 0.3) is 11.2 Å². The number of nitrogens with zero attached hydrogens (tertiary/aromatic N) is 3. The molecule has 0 atom stereocenters. The summed E-state index contributed by atoms with van der Waals surface area (Å²) >= 11 is 5.14. The Kier molecular flexibility index (Phi) is 3.82. The molecular formula is C15H10N4O3S. The predicted octanol–water partition coefficient (Wildman–Crippen LogP) is 2.85. The third kappa shape index (κ3) is 2.92. The lowest BCUT2D eigenvalue weighted by molar-refractivity contribution is -0.384. The average molecular weight is 326 g/mol. The first kappa shape index (κ1) is 14.8. The topological polar surface area (TPSA) is 93.3 Å². The van der Waals surface area contributed by atoms with Crippen molar-refractivity contribution < 1.29 is 4.92 Å². The molecule has 23 heavy (non-hydrogen) atoms. The molecule has 3 rings (SSSR count). The fraction of sp³-hybridized carbons (Fsp3) is 0. The van der Waals surface area contributed by atoms with Gasteiger partial charge in [0.1, 0.15) is 0 Å². The van der Waals surface area contributed by atoms with Crippen molar-refractivity contribution in [3.63, 3.8) is 0 Å². The van der Waals surface area contributed by atoms with Crippen LogP contribution in [0.4, 0.5) is 5.69 Å². The van der Waals surface area contributed by atoms with Gasteiger partial charge in [0.05, 0.1) is 22.0 Å². The Hall–Kier alpha value is -3.13. The number of hydrogen-bond acceptors (Lipinski definition) is 5. The minimum Gasteiger partial charge on any atom is -0.330 e. The van der Waals surface area contributed by atoms with Crippen molar-refractivity contribution in [1.82, 2.24) is 9.66 Å². The van der Waals surface area contributed by atoms with E-state index in [-0.39, 0.29) is 16.0 Å². The van der Waals surface area contributed by atoms with Gasteiger partial charge in [0.15, 0.2) is 0 Å². The Labute approximate surface area is 134 Å². The summed E-state index contributed by atoms with van der Waals surface area (Å²) in [6, 6.07) is 12.9. The van der Waals surface area contributed by atoms with Crippen molar-refractivity contribution >= 4 is 35.0 Å². The van der Waals surface area contributed by atoms with Crippen LogP contribution in [-0.2, 0) is 0 Å². The molecule has 0 amide bonds. The molecule has 1 heterocycles. The minimum absolute atomic E-state index is 0.0510. The molecule has 114 valence electrons. The molecular weight excluding hydrogens is 316 g/mol. The number of hydrogen-bond donors (Lipinski definition) is 1. The first-order valence-electron chi connectivity index (χ1n) is 6.59. The molecule has 3 aromatic rings. The molecule has 1 aromatic heterocycles. The number of fused-ring (bicyclic) bond motifs is 1. The SMILES string of the molecule is O=c1c2ccccc2[nH]c(=S)n1/N=C\c1cccc([N+](=O)[O-])c1. The van der Waals surface area contributed by atoms with Gasteiger partial charge in [-0.2, -0.15) is 9.78 Å². The van der Waals surface area contributed by atoms with Crippen molar-refractivity contribution in [1.29, 1.82) is 0 Å². The molecule has 7 nitrogen and oxygen atoms in total. The summed E-state index contributed by atoms with van der Waals surface area (Å²) in [6.07, 6.45) is 1.35. The first-order chi connectivity index (χ1) is 11.1. The van der Waals surface area contributed by atoms with Crippen molar-refractivity contribution in [3.05, 3.63) is 79.3 Å². The van der Waals surface area contributed by atoms with Crippen molar-refractivity contribution in [2.45, 2.75) is 0 Å². The van der Waals surface area contributed by atoms with Gasteiger partial charge in [-0.1, -0.05) is 24.3 Å². The molecule has 0 saturated carbocycles. The lowest BCUT2D eigenvalue weighted by atomic mass is 10.2. The van der Waals surface area contributed by atoms with E-state index in [1.165, 1.54) is 18.3 Å². The molecule has 0 aliphatic carbocycles. The summed E-state index contributed by atoms with van der Waals surface area (Å²) in [5.74, 6) is 0. The van der Waals surface area contributed by atoms with Crippen LogP contribution in [0.2, 0.25) is 0 Å². The maximum atomic E-state index is 12.4. The van der Waals surface area contributed by atoms with Crippen LogP contribution < -0.4 is 5.56 Å². The zero-order valence-corrected chi connectivity index (χ0v) is 12.5. The third-order valence-corrected chi connectivity index (χ3v) is 3.46. The second-order valence-corrected chi connectivity index (χ2v) is 5.08. The zero-order chi connectivity index (χ0) is 16.4. The molecule has 0 fully saturated rings. The van der Waals surface area contributed by atoms with E-state index in [0.717, 1.165) is 4.68 Å². The Bertz CT molecular complexity index is 1050. The van der Waals surface area contributed by atoms with E-state index in [9.17, 15) is 14.9 Å². The summed E-state index contributed by atoms with van der Waals surface area (Å²) in [4.78, 5) is 25.6. The molecule has 2 aromatic carbocycles. The van der Waals surface area contributed by atoms with Gasteiger partial charge in [-0.05, 0) is 24.4 Å². The highest BCUT2D eigenvalue weighted by Crippen LogP contribution is 2.11. The maximum Gasteiger partial charge on any atom is 0.282 e. The van der Waals surface area contributed by atoms with Gasteiger partial charge in [-0.25, -0.2) is 0 Å². The van der Waals surface area contributed by atoms with E-state index in [1.54, 1.807) is 36.4 Å². The van der Waals surface area contributed by atoms with Crippen LogP contribution in [0.15, 0.2) is 58.4 Å². The lowest BCUT2D eigenvalue weighted by Gasteiger charge is -2.02. The quantitative estimate of drug-likeness (QED) is 0.346. The average Bonchev–Trinajstić information content (AvgIpc) is 2.55. The molecule has 0 spiro atoms. The number of nitro groups is 1. The number of H-pyrrole nitrogens is 1. The number of nitrogens with one attached hydrogen (secondary N) is 1. The van der Waals surface area contributed by atoms with E-state index in [2.05, 4.69) is 10.1 Å². The normalized spacial score (nSPS) is 11.1. The maximum absolute atomic E-state index is 12.4. The van der Waals surface area contributed by atoms with Gasteiger partial charge in [-0.15, -0.1) is 0 Å². The Morgan fingerprint density at radius 1 is 1.22 bits per heavy atom. The van der Waals surface area contributed by atoms with E-state index in [4.69, 9.17) is 12.2 Å². The number of aromatic amines is 1. The van der Waals surface area contributed by atoms with Gasteiger partial charge < -0.3 is 4.98 Å². The summed E-state index contributed by atoms with van der Waals surface area (Å²) in [5, 5.41) is 15.3. The van der Waals surface area contributed by atoms with Gasteiger partial charge in [0, 0.05) is 17.7 Å². The van der Waals surface area contributed by atoms with Crippen LogP contribution in [0.5, 0.6) is 0 Å². The number of rotatable bonds is 3. The number of aromatic nitrogens is 2. The molecule has 0 aliphatic rings. The monoisotopic (exact) mass is 326 g/mol. The van der Waals surface area contributed by atoms with Crippen LogP contribution in [0.1, 0.15) is 5.56 Å². The standard InChI is InChI=1S/C15H10N4O3S/c20-14-12-6-1-2-7-13(12)17-15(23)18(14)16-9-10-4-3-5-11(8-10)19(21)22/h1-9H,(H,17,23)/b16-9-. The largest absolute Gasteiger partial charge is 0.330 e. The number of non-ortho nitro benzene ring substituents is 1. The Morgan fingerprint density at radius 3 is 2.78 bits per heavy atom. The summed E-state index contributed by atoms with van der Waals surface area (Å²) in [5.41, 5.74) is 0.717. The molecule has 8 heteroatoms. The molecule has 0 bridgehead atoms. The third-order valence-electron chi connectivity index (χ3n) is 3.19. The highest BCUT2D eigenvalue weighted by atomic mass is 32.1. The summed E-state index contributed by atoms with van der Waals surface area (Å²) < 4.78 is 1.20. The van der Waals surface area contributed by atoms with Crippen molar-refractivity contribution in [2.75, 3.05) is 0 Å². The van der Waals surface area contributed by atoms with E-state index < -0.39 is 4.92 Å². The summed E-state index contributed by atoms with van der Waals surface area (Å²) in [6.45, 7) is 0. The zero-order valence-electron chi connectivity index (χ0n) is 11.7. The van der Waals surface area contributed by atoms with Gasteiger partial charge in [0.2, 0.25) is 4.77 Å². The number of nitro benzene ring substituents is 1. The van der Waals surface area contributed by atoms with Crippen LogP contribution in [0, 0.1) is 14.9 Å². The van der Waals surface area contributed by atoms with Crippen LogP contribution in [0.25, 0.3) is 10.9 Å². The van der Waals surface area contributed by atoms with Gasteiger partial charge in [-0.3, -0.25) is 14.9 Å². The Balaban J connectivity index is 2.08. The lowest BCUT2D eigenvalue weighted by Crippen LogP contribution is -2.18. The molecule has 0 aliphatic heterocycles. The van der Waals surface area contributed by atoms with Crippen LogP contribution in [-0.4, -0.2) is 20.8 Å². The Morgan fingerprint density at radius 2 is 2.00 bits per heavy atom. The fourth-order valence-corrected chi connectivity index (χ4v) is 2.34. The van der Waals surface area contributed by atoms with Crippen molar-refractivity contribution in [3.8, 4) is 0 Å². The van der Waals surface area contributed by atoms with Gasteiger partial charge >= 0.3 is 0 Å². The first-order valence-corrected chi connectivity index (χ1v) is 7.00. The molecule has 0 radical (unpaired) electrons. The molecule has 1 N–H and O–H groups in total. The van der Waals surface area contributed by atoms with Crippen molar-refractivity contribution in [2.24, 2.45) is 5.10 Å². The highest BCUT2D eigenvalue weighted by molar-refractivity contribution is 7.71. The van der Waals surface area contributed by atoms with Crippen LogP contribution in [0.3, 0.4) is 0 Å². The van der Waals surface area contributed by atoms with E-state index in [1.807, 2.05) is 0 Å².